The predicted molar refractivity (Wildman–Crippen MR) is 107 cm³/mol. The normalized spacial score (nSPS) is 12.0. The smallest absolute Gasteiger partial charge is 0.182 e. The molecule has 2 heterocycles. The maximum absolute atomic E-state index is 9.89. The molecule has 0 aliphatic carbocycles. The molecule has 6 heteroatoms. The zero-order valence-electron chi connectivity index (χ0n) is 15.7. The molecule has 0 fully saturated rings. The van der Waals surface area contributed by atoms with Gasteiger partial charge in [-0.3, -0.25) is 0 Å². The van der Waals surface area contributed by atoms with Crippen LogP contribution in [-0.4, -0.2) is 25.0 Å². The Morgan fingerprint density at radius 3 is 2.39 bits per heavy atom. The third kappa shape index (κ3) is 3.47. The highest BCUT2D eigenvalue weighted by atomic mass is 15.4. The molecule has 0 N–H and O–H groups in total. The van der Waals surface area contributed by atoms with Crippen LogP contribution in [-0.2, 0) is 13.0 Å². The van der Waals surface area contributed by atoms with Crippen molar-refractivity contribution in [2.45, 2.75) is 32.2 Å². The van der Waals surface area contributed by atoms with Gasteiger partial charge in [-0.05, 0) is 17.5 Å². The van der Waals surface area contributed by atoms with Gasteiger partial charge in [0, 0.05) is 6.42 Å². The number of hydrogen-bond acceptors (Lipinski definition) is 5. The van der Waals surface area contributed by atoms with Crippen molar-refractivity contribution in [2.75, 3.05) is 0 Å². The van der Waals surface area contributed by atoms with Gasteiger partial charge in [-0.15, -0.1) is 5.10 Å². The molecule has 1 atom stereocenters. The van der Waals surface area contributed by atoms with E-state index >= 15 is 0 Å². The summed E-state index contributed by atoms with van der Waals surface area (Å²) < 4.78 is 1.79. The minimum Gasteiger partial charge on any atom is -0.234 e. The van der Waals surface area contributed by atoms with Gasteiger partial charge in [0.1, 0.15) is 11.7 Å². The lowest BCUT2D eigenvalue weighted by Crippen LogP contribution is -2.09. The maximum atomic E-state index is 9.89. The number of rotatable bonds is 6. The molecule has 0 saturated carbocycles. The third-order valence-electron chi connectivity index (χ3n) is 4.62. The molecule has 6 nitrogen and oxygen atoms in total. The molecule has 0 spiro atoms. The Hall–Kier alpha value is -3.59. The average molecular weight is 368 g/mol. The highest BCUT2D eigenvalue weighted by molar-refractivity contribution is 5.74. The van der Waals surface area contributed by atoms with Crippen molar-refractivity contribution in [1.29, 1.82) is 5.26 Å². The first kappa shape index (κ1) is 17.8. The van der Waals surface area contributed by atoms with Crippen molar-refractivity contribution in [2.24, 2.45) is 0 Å². The Labute approximate surface area is 163 Å². The minimum atomic E-state index is -0.510. The van der Waals surface area contributed by atoms with E-state index in [2.05, 4.69) is 23.3 Å². The zero-order valence-corrected chi connectivity index (χ0v) is 15.7. The Kier molecular flexibility index (Phi) is 5.07. The number of benzene rings is 2. The van der Waals surface area contributed by atoms with Gasteiger partial charge in [-0.1, -0.05) is 72.8 Å². The van der Waals surface area contributed by atoms with Gasteiger partial charge < -0.3 is 0 Å². The standard InChI is InChI=1S/C22H20N6/c1-2-9-19-24-20(18(14-23)17-12-7-4-8-13-17)21-22(25-19)28(27-26-21)15-16-10-5-3-6-11-16/h3-8,10-13,18H,2,9,15H2,1H3. The van der Waals surface area contributed by atoms with Crippen LogP contribution in [0.1, 0.15) is 41.9 Å². The van der Waals surface area contributed by atoms with E-state index in [4.69, 9.17) is 9.97 Å². The molecule has 0 radical (unpaired) electrons. The lowest BCUT2D eigenvalue weighted by atomic mass is 9.96. The van der Waals surface area contributed by atoms with Crippen molar-refractivity contribution < 1.29 is 0 Å². The van der Waals surface area contributed by atoms with Crippen LogP contribution in [0.2, 0.25) is 0 Å². The number of nitriles is 1. The van der Waals surface area contributed by atoms with Crippen molar-refractivity contribution >= 4 is 11.2 Å². The molecule has 0 bridgehead atoms. The van der Waals surface area contributed by atoms with Crippen LogP contribution in [0.4, 0.5) is 0 Å². The fourth-order valence-corrected chi connectivity index (χ4v) is 3.26. The van der Waals surface area contributed by atoms with Gasteiger partial charge in [0.05, 0.1) is 18.3 Å². The lowest BCUT2D eigenvalue weighted by molar-refractivity contribution is 0.662. The molecule has 1 unspecified atom stereocenters. The average Bonchev–Trinajstić information content (AvgIpc) is 3.13. The van der Waals surface area contributed by atoms with Gasteiger partial charge in [0.25, 0.3) is 0 Å². The first-order chi connectivity index (χ1) is 13.8. The Balaban J connectivity index is 1.85. The van der Waals surface area contributed by atoms with E-state index in [0.717, 1.165) is 29.8 Å². The van der Waals surface area contributed by atoms with E-state index in [9.17, 15) is 5.26 Å². The molecule has 0 amide bonds. The highest BCUT2D eigenvalue weighted by Crippen LogP contribution is 2.27. The van der Waals surface area contributed by atoms with Gasteiger partial charge in [-0.2, -0.15) is 5.26 Å². The summed E-state index contributed by atoms with van der Waals surface area (Å²) in [5.41, 5.74) is 3.90. The topological polar surface area (TPSA) is 80.3 Å². The molecule has 138 valence electrons. The Morgan fingerprint density at radius 1 is 1.00 bits per heavy atom. The second-order valence-corrected chi connectivity index (χ2v) is 6.65. The molecule has 0 aliphatic rings. The lowest BCUT2D eigenvalue weighted by Gasteiger charge is -2.11. The Morgan fingerprint density at radius 2 is 1.71 bits per heavy atom. The van der Waals surface area contributed by atoms with Crippen LogP contribution in [0.5, 0.6) is 0 Å². The van der Waals surface area contributed by atoms with E-state index in [0.29, 0.717) is 23.4 Å². The predicted octanol–water partition coefficient (Wildman–Crippen LogP) is 3.88. The van der Waals surface area contributed by atoms with Gasteiger partial charge in [-0.25, -0.2) is 14.6 Å². The third-order valence-corrected chi connectivity index (χ3v) is 4.62. The molecular formula is C22H20N6. The van der Waals surface area contributed by atoms with E-state index in [-0.39, 0.29) is 0 Å². The molecule has 0 aliphatic heterocycles. The summed E-state index contributed by atoms with van der Waals surface area (Å²) in [5.74, 6) is 0.210. The van der Waals surface area contributed by atoms with Crippen LogP contribution in [0.15, 0.2) is 60.7 Å². The second-order valence-electron chi connectivity index (χ2n) is 6.65. The van der Waals surface area contributed by atoms with Crippen LogP contribution < -0.4 is 0 Å². The highest BCUT2D eigenvalue weighted by Gasteiger charge is 2.23. The number of aromatic nitrogens is 5. The molecule has 4 aromatic rings. The maximum Gasteiger partial charge on any atom is 0.182 e. The van der Waals surface area contributed by atoms with E-state index in [1.807, 2.05) is 60.7 Å². The number of aryl methyl sites for hydroxylation is 1. The first-order valence-corrected chi connectivity index (χ1v) is 9.38. The molecule has 28 heavy (non-hydrogen) atoms. The van der Waals surface area contributed by atoms with E-state index < -0.39 is 5.92 Å². The summed E-state index contributed by atoms with van der Waals surface area (Å²) >= 11 is 0. The summed E-state index contributed by atoms with van der Waals surface area (Å²) in [7, 11) is 0. The number of hydrogen-bond donors (Lipinski definition) is 0. The quantitative estimate of drug-likeness (QED) is 0.516. The molecule has 4 rings (SSSR count). The van der Waals surface area contributed by atoms with Crippen molar-refractivity contribution in [1.82, 2.24) is 25.0 Å². The summed E-state index contributed by atoms with van der Waals surface area (Å²) in [6, 6.07) is 22.1. The van der Waals surface area contributed by atoms with Crippen molar-refractivity contribution in [3.63, 3.8) is 0 Å². The summed E-state index contributed by atoms with van der Waals surface area (Å²) in [6.45, 7) is 2.66. The van der Waals surface area contributed by atoms with E-state index in [1.165, 1.54) is 0 Å². The van der Waals surface area contributed by atoms with Crippen molar-refractivity contribution in [3.05, 3.63) is 83.3 Å². The zero-order chi connectivity index (χ0) is 19.3. The Bertz CT molecular complexity index is 1110. The first-order valence-electron chi connectivity index (χ1n) is 9.38. The molecule has 2 aromatic carbocycles. The van der Waals surface area contributed by atoms with Crippen LogP contribution in [0, 0.1) is 11.3 Å². The largest absolute Gasteiger partial charge is 0.234 e. The van der Waals surface area contributed by atoms with Crippen LogP contribution >= 0.6 is 0 Å². The number of fused-ring (bicyclic) bond motifs is 1. The summed E-state index contributed by atoms with van der Waals surface area (Å²) in [5, 5.41) is 18.6. The van der Waals surface area contributed by atoms with Gasteiger partial charge in [0.2, 0.25) is 0 Å². The van der Waals surface area contributed by atoms with Crippen molar-refractivity contribution in [3.8, 4) is 6.07 Å². The summed E-state index contributed by atoms with van der Waals surface area (Å²) in [4.78, 5) is 9.42. The molecular weight excluding hydrogens is 348 g/mol. The number of nitrogens with zero attached hydrogens (tertiary/aromatic N) is 6. The van der Waals surface area contributed by atoms with E-state index in [1.54, 1.807) is 4.68 Å². The minimum absolute atomic E-state index is 0.510. The van der Waals surface area contributed by atoms with Gasteiger partial charge >= 0.3 is 0 Å². The molecule has 0 saturated heterocycles. The fraction of sp³-hybridized carbons (Fsp3) is 0.227. The monoisotopic (exact) mass is 368 g/mol. The second kappa shape index (κ2) is 7.97. The summed E-state index contributed by atoms with van der Waals surface area (Å²) in [6.07, 6.45) is 1.67. The van der Waals surface area contributed by atoms with Gasteiger partial charge in [0.15, 0.2) is 11.2 Å². The van der Waals surface area contributed by atoms with Crippen LogP contribution in [0.25, 0.3) is 11.2 Å². The van der Waals surface area contributed by atoms with Crippen LogP contribution in [0.3, 0.4) is 0 Å². The SMILES string of the molecule is CCCc1nc(C(C#N)c2ccccc2)c2nnn(Cc3ccccc3)c2n1. The fourth-order valence-electron chi connectivity index (χ4n) is 3.26. The molecule has 2 aromatic heterocycles.